The molecule has 2 aromatic carbocycles. The summed E-state index contributed by atoms with van der Waals surface area (Å²) in [6.07, 6.45) is 0. The summed E-state index contributed by atoms with van der Waals surface area (Å²) in [6.45, 7) is 5.92. The van der Waals surface area contributed by atoms with Crippen LogP contribution in [-0.2, 0) is 14.3 Å². The Kier molecular flexibility index (Phi) is 6.58. The van der Waals surface area contributed by atoms with Crippen molar-refractivity contribution in [2.45, 2.75) is 13.0 Å². The van der Waals surface area contributed by atoms with Crippen LogP contribution in [0.2, 0.25) is 0 Å². The van der Waals surface area contributed by atoms with Gasteiger partial charge in [0.1, 0.15) is 11.5 Å². The molecule has 2 aromatic rings. The Morgan fingerprint density at radius 2 is 1.81 bits per heavy atom. The quantitative estimate of drug-likeness (QED) is 0.426. The zero-order chi connectivity index (χ0) is 22.7. The maximum absolute atomic E-state index is 13.1. The number of aliphatic hydroxyl groups excluding tert-OH is 1. The molecule has 2 heterocycles. The van der Waals surface area contributed by atoms with Crippen molar-refractivity contribution < 1.29 is 24.2 Å². The summed E-state index contributed by atoms with van der Waals surface area (Å²) in [6, 6.07) is 13.9. The Morgan fingerprint density at radius 3 is 2.50 bits per heavy atom. The van der Waals surface area contributed by atoms with Gasteiger partial charge in [0.15, 0.2) is 0 Å². The number of benzene rings is 2. The minimum atomic E-state index is -0.669. The molecule has 168 valence electrons. The summed E-state index contributed by atoms with van der Waals surface area (Å²) < 4.78 is 10.7. The second kappa shape index (κ2) is 9.54. The molecular weight excluding hydrogens is 408 g/mol. The van der Waals surface area contributed by atoms with E-state index in [4.69, 9.17) is 9.47 Å². The highest BCUT2D eigenvalue weighted by Gasteiger charge is 2.46. The zero-order valence-corrected chi connectivity index (χ0v) is 18.4. The molecule has 7 heteroatoms. The molecule has 0 aromatic heterocycles. The summed E-state index contributed by atoms with van der Waals surface area (Å²) in [5, 5.41) is 11.1. The highest BCUT2D eigenvalue weighted by atomic mass is 16.5. The highest BCUT2D eigenvalue weighted by Crippen LogP contribution is 2.39. The topological polar surface area (TPSA) is 79.3 Å². The number of ether oxygens (including phenoxy) is 2. The first-order valence-corrected chi connectivity index (χ1v) is 10.8. The summed E-state index contributed by atoms with van der Waals surface area (Å²) in [5.41, 5.74) is 2.41. The fourth-order valence-electron chi connectivity index (χ4n) is 4.21. The Bertz CT molecular complexity index is 1020. The van der Waals surface area contributed by atoms with Gasteiger partial charge in [0.25, 0.3) is 11.7 Å². The Morgan fingerprint density at radius 1 is 1.09 bits per heavy atom. The van der Waals surface area contributed by atoms with Gasteiger partial charge in [-0.2, -0.15) is 0 Å². The number of aliphatic hydroxyl groups is 1. The van der Waals surface area contributed by atoms with Crippen LogP contribution >= 0.6 is 0 Å². The molecule has 0 spiro atoms. The molecule has 1 amide bonds. The van der Waals surface area contributed by atoms with E-state index in [9.17, 15) is 14.7 Å². The molecule has 0 bridgehead atoms. The maximum atomic E-state index is 13.1. The Balaban J connectivity index is 1.73. The Labute approximate surface area is 187 Å². The number of Topliss-reactive ketones (excluding diaryl/α,β-unsaturated/α-hetero) is 1. The normalized spacial score (nSPS) is 21.2. The van der Waals surface area contributed by atoms with Crippen LogP contribution in [0.1, 0.15) is 22.7 Å². The van der Waals surface area contributed by atoms with Crippen molar-refractivity contribution >= 4 is 17.4 Å². The molecule has 1 N–H and O–H groups in total. The van der Waals surface area contributed by atoms with Crippen molar-refractivity contribution in [3.63, 3.8) is 0 Å². The molecule has 2 saturated heterocycles. The maximum Gasteiger partial charge on any atom is 0.295 e. The second-order valence-electron chi connectivity index (χ2n) is 8.09. The van der Waals surface area contributed by atoms with Crippen molar-refractivity contribution in [2.24, 2.45) is 0 Å². The molecule has 4 rings (SSSR count). The molecule has 2 aliphatic heterocycles. The number of aryl methyl sites for hydroxylation is 1. The standard InChI is InChI=1S/C25H28N2O5/c1-17-6-8-18(9-7-17)22-21(23(28)19-4-3-5-20(16-19)31-2)24(29)25(30)27(22)11-10-26-12-14-32-15-13-26/h3-9,16,22,28H,10-15H2,1-2H3/b23-21+. The van der Waals surface area contributed by atoms with Crippen LogP contribution in [0.15, 0.2) is 54.1 Å². The van der Waals surface area contributed by atoms with Gasteiger partial charge in [0, 0.05) is 31.7 Å². The fourth-order valence-corrected chi connectivity index (χ4v) is 4.21. The molecule has 7 nitrogen and oxygen atoms in total. The molecule has 2 aliphatic rings. The molecule has 2 fully saturated rings. The molecule has 32 heavy (non-hydrogen) atoms. The van der Waals surface area contributed by atoms with Crippen molar-refractivity contribution in [3.05, 3.63) is 70.8 Å². The first-order valence-electron chi connectivity index (χ1n) is 10.8. The Hall–Kier alpha value is -3.16. The van der Waals surface area contributed by atoms with Crippen molar-refractivity contribution in [2.75, 3.05) is 46.5 Å². The summed E-state index contributed by atoms with van der Waals surface area (Å²) in [7, 11) is 1.54. The monoisotopic (exact) mass is 436 g/mol. The lowest BCUT2D eigenvalue weighted by atomic mass is 9.94. The van der Waals surface area contributed by atoms with E-state index in [-0.39, 0.29) is 11.3 Å². The minimum absolute atomic E-state index is 0.106. The van der Waals surface area contributed by atoms with Crippen LogP contribution in [-0.4, -0.2) is 73.1 Å². The number of hydrogen-bond acceptors (Lipinski definition) is 6. The van der Waals surface area contributed by atoms with E-state index in [1.807, 2.05) is 31.2 Å². The summed E-state index contributed by atoms with van der Waals surface area (Å²) in [4.78, 5) is 30.0. The average molecular weight is 437 g/mol. The molecule has 0 saturated carbocycles. The van der Waals surface area contributed by atoms with Crippen molar-refractivity contribution in [1.82, 2.24) is 9.80 Å². The van der Waals surface area contributed by atoms with Gasteiger partial charge in [-0.15, -0.1) is 0 Å². The molecule has 1 unspecified atom stereocenters. The fraction of sp³-hybridized carbons (Fsp3) is 0.360. The zero-order valence-electron chi connectivity index (χ0n) is 18.4. The van der Waals surface area contributed by atoms with Gasteiger partial charge in [-0.25, -0.2) is 0 Å². The lowest BCUT2D eigenvalue weighted by Crippen LogP contribution is -2.42. The van der Waals surface area contributed by atoms with E-state index in [1.165, 1.54) is 7.11 Å². The van der Waals surface area contributed by atoms with Gasteiger partial charge >= 0.3 is 0 Å². The van der Waals surface area contributed by atoms with Gasteiger partial charge in [-0.1, -0.05) is 42.0 Å². The van der Waals surface area contributed by atoms with Gasteiger partial charge in [0.05, 0.1) is 31.9 Å². The number of ketones is 1. The van der Waals surface area contributed by atoms with Crippen LogP contribution in [0.25, 0.3) is 5.76 Å². The van der Waals surface area contributed by atoms with Crippen LogP contribution in [0.3, 0.4) is 0 Å². The number of nitrogens with zero attached hydrogens (tertiary/aromatic N) is 2. The molecule has 0 radical (unpaired) electrons. The van der Waals surface area contributed by atoms with Crippen molar-refractivity contribution in [1.29, 1.82) is 0 Å². The van der Waals surface area contributed by atoms with Crippen LogP contribution in [0.4, 0.5) is 0 Å². The van der Waals surface area contributed by atoms with E-state index in [0.717, 1.165) is 24.2 Å². The molecule has 1 atom stereocenters. The van der Waals surface area contributed by atoms with E-state index in [2.05, 4.69) is 4.90 Å². The third-order valence-electron chi connectivity index (χ3n) is 6.04. The van der Waals surface area contributed by atoms with Gasteiger partial charge in [-0.3, -0.25) is 14.5 Å². The van der Waals surface area contributed by atoms with E-state index in [0.29, 0.717) is 37.6 Å². The van der Waals surface area contributed by atoms with Gasteiger partial charge in [-0.05, 0) is 24.6 Å². The summed E-state index contributed by atoms with van der Waals surface area (Å²) >= 11 is 0. The van der Waals surface area contributed by atoms with Gasteiger partial charge in [0.2, 0.25) is 0 Å². The first kappa shape index (κ1) is 22.0. The minimum Gasteiger partial charge on any atom is -0.507 e. The molecule has 0 aliphatic carbocycles. The third-order valence-corrected chi connectivity index (χ3v) is 6.04. The summed E-state index contributed by atoms with van der Waals surface area (Å²) in [5.74, 6) is -0.893. The van der Waals surface area contributed by atoms with E-state index in [1.54, 1.807) is 29.2 Å². The number of methoxy groups -OCH3 is 1. The highest BCUT2D eigenvalue weighted by molar-refractivity contribution is 6.46. The number of morpholine rings is 1. The van der Waals surface area contributed by atoms with Gasteiger partial charge < -0.3 is 19.5 Å². The number of carbonyl (C=O) groups excluding carboxylic acids is 2. The number of likely N-dealkylation sites (tertiary alicyclic amines) is 1. The van der Waals surface area contributed by atoms with Crippen LogP contribution in [0.5, 0.6) is 5.75 Å². The lowest BCUT2D eigenvalue weighted by Gasteiger charge is -2.31. The second-order valence-corrected chi connectivity index (χ2v) is 8.09. The number of hydrogen-bond donors (Lipinski definition) is 1. The number of rotatable bonds is 6. The number of carbonyl (C=O) groups is 2. The van der Waals surface area contributed by atoms with Crippen molar-refractivity contribution in [3.8, 4) is 5.75 Å². The smallest absolute Gasteiger partial charge is 0.295 e. The van der Waals surface area contributed by atoms with E-state index < -0.39 is 17.7 Å². The van der Waals surface area contributed by atoms with Crippen LogP contribution < -0.4 is 4.74 Å². The first-order chi connectivity index (χ1) is 15.5. The largest absolute Gasteiger partial charge is 0.507 e. The average Bonchev–Trinajstić information content (AvgIpc) is 3.08. The third kappa shape index (κ3) is 4.40. The number of amides is 1. The van der Waals surface area contributed by atoms with Crippen LogP contribution in [0, 0.1) is 6.92 Å². The van der Waals surface area contributed by atoms with E-state index >= 15 is 0 Å². The lowest BCUT2D eigenvalue weighted by molar-refractivity contribution is -0.140. The predicted octanol–water partition coefficient (Wildman–Crippen LogP) is 2.76. The predicted molar refractivity (Wildman–Crippen MR) is 120 cm³/mol. The SMILES string of the molecule is COc1cccc(/C(O)=C2\C(=O)C(=O)N(CCN3CCOCC3)C2c2ccc(C)cc2)c1. The molecular formula is C25H28N2O5.